The Morgan fingerprint density at radius 3 is 2.73 bits per heavy atom. The van der Waals surface area contributed by atoms with Crippen LogP contribution in [0.3, 0.4) is 0 Å². The lowest BCUT2D eigenvalue weighted by Gasteiger charge is -2.22. The van der Waals surface area contributed by atoms with Gasteiger partial charge in [0.15, 0.2) is 17.5 Å². The van der Waals surface area contributed by atoms with Crippen LogP contribution < -0.4 is 14.8 Å². The van der Waals surface area contributed by atoms with Gasteiger partial charge in [-0.1, -0.05) is 6.07 Å². The van der Waals surface area contributed by atoms with E-state index in [9.17, 15) is 0 Å². The van der Waals surface area contributed by atoms with E-state index in [4.69, 9.17) is 19.2 Å². The lowest BCUT2D eigenvalue weighted by atomic mass is 10.2. The molecule has 0 unspecified atom stereocenters. The summed E-state index contributed by atoms with van der Waals surface area (Å²) in [6, 6.07) is 5.95. The van der Waals surface area contributed by atoms with Gasteiger partial charge in [0.05, 0.1) is 26.9 Å². The predicted octanol–water partition coefficient (Wildman–Crippen LogP) is 2.92. The third kappa shape index (κ3) is 6.75. The van der Waals surface area contributed by atoms with Crippen molar-refractivity contribution in [1.29, 1.82) is 0 Å². The lowest BCUT2D eigenvalue weighted by Crippen LogP contribution is -2.40. The second-order valence-corrected chi connectivity index (χ2v) is 6.53. The van der Waals surface area contributed by atoms with Crippen LogP contribution >= 0.6 is 0 Å². The number of benzene rings is 1. The van der Waals surface area contributed by atoms with E-state index in [0.29, 0.717) is 13.2 Å². The minimum atomic E-state index is 0.582. The van der Waals surface area contributed by atoms with E-state index >= 15 is 0 Å². The molecule has 6 nitrogen and oxygen atoms in total. The highest BCUT2D eigenvalue weighted by Crippen LogP contribution is 2.29. The summed E-state index contributed by atoms with van der Waals surface area (Å²) in [6.07, 6.45) is 2.65. The number of guanidine groups is 1. The van der Waals surface area contributed by atoms with Crippen molar-refractivity contribution >= 4 is 5.96 Å². The summed E-state index contributed by atoms with van der Waals surface area (Å²) in [4.78, 5) is 6.85. The van der Waals surface area contributed by atoms with Crippen LogP contribution in [0.15, 0.2) is 23.2 Å². The fourth-order valence-electron chi connectivity index (χ4n) is 2.56. The number of aliphatic imine (C=N–C) groups is 1. The zero-order valence-electron chi connectivity index (χ0n) is 16.6. The van der Waals surface area contributed by atoms with Gasteiger partial charge < -0.3 is 24.4 Å². The molecule has 0 atom stereocenters. The third-order valence-electron chi connectivity index (χ3n) is 4.26. The van der Waals surface area contributed by atoms with Crippen LogP contribution in [-0.4, -0.2) is 57.9 Å². The molecular formula is C20H33N3O3. The molecule has 1 fully saturated rings. The molecule has 146 valence electrons. The van der Waals surface area contributed by atoms with Gasteiger partial charge in [0.2, 0.25) is 0 Å². The Labute approximate surface area is 157 Å². The first-order chi connectivity index (χ1) is 12.7. The lowest BCUT2D eigenvalue weighted by molar-refractivity contribution is 0.115. The van der Waals surface area contributed by atoms with Crippen molar-refractivity contribution in [1.82, 2.24) is 10.2 Å². The number of rotatable bonds is 11. The largest absolute Gasteiger partial charge is 0.493 e. The summed E-state index contributed by atoms with van der Waals surface area (Å²) in [6.45, 7) is 8.52. The Balaban J connectivity index is 1.91. The second-order valence-electron chi connectivity index (χ2n) is 6.53. The van der Waals surface area contributed by atoms with Crippen LogP contribution in [0.2, 0.25) is 0 Å². The number of ether oxygens (including phenoxy) is 3. The molecule has 1 N–H and O–H groups in total. The molecule has 1 saturated carbocycles. The number of nitrogens with zero attached hydrogens (tertiary/aromatic N) is 2. The second kappa shape index (κ2) is 10.9. The van der Waals surface area contributed by atoms with E-state index in [2.05, 4.69) is 17.1 Å². The van der Waals surface area contributed by atoms with Crippen molar-refractivity contribution < 1.29 is 14.2 Å². The highest BCUT2D eigenvalue weighted by molar-refractivity contribution is 5.79. The zero-order valence-corrected chi connectivity index (χ0v) is 16.6. The SMILES string of the molecule is CCNC(=NCc1ccc(OCC)c(OC)c1)N(C)CCOCC1CC1. The maximum absolute atomic E-state index is 5.73. The molecule has 26 heavy (non-hydrogen) atoms. The Morgan fingerprint density at radius 2 is 2.08 bits per heavy atom. The average molecular weight is 364 g/mol. The van der Waals surface area contributed by atoms with Crippen LogP contribution in [-0.2, 0) is 11.3 Å². The van der Waals surface area contributed by atoms with E-state index in [-0.39, 0.29) is 0 Å². The summed E-state index contributed by atoms with van der Waals surface area (Å²) in [7, 11) is 3.70. The summed E-state index contributed by atoms with van der Waals surface area (Å²) in [5.41, 5.74) is 1.08. The smallest absolute Gasteiger partial charge is 0.194 e. The van der Waals surface area contributed by atoms with Gasteiger partial charge in [-0.3, -0.25) is 0 Å². The Hall–Kier alpha value is -1.95. The van der Waals surface area contributed by atoms with E-state index in [1.54, 1.807) is 7.11 Å². The number of methoxy groups -OCH3 is 1. The molecule has 1 aromatic carbocycles. The molecule has 0 spiro atoms. The minimum Gasteiger partial charge on any atom is -0.493 e. The molecule has 0 bridgehead atoms. The topological polar surface area (TPSA) is 55.3 Å². The first-order valence-corrected chi connectivity index (χ1v) is 9.54. The van der Waals surface area contributed by atoms with Gasteiger partial charge in [0.25, 0.3) is 0 Å². The molecule has 0 aromatic heterocycles. The van der Waals surface area contributed by atoms with E-state index < -0.39 is 0 Å². The van der Waals surface area contributed by atoms with Gasteiger partial charge in [-0.2, -0.15) is 0 Å². The van der Waals surface area contributed by atoms with Crippen LogP contribution in [0.1, 0.15) is 32.3 Å². The summed E-state index contributed by atoms with van der Waals surface area (Å²) >= 11 is 0. The molecule has 0 radical (unpaired) electrons. The van der Waals surface area contributed by atoms with Crippen LogP contribution in [0.25, 0.3) is 0 Å². The normalized spacial score (nSPS) is 14.2. The van der Waals surface area contributed by atoms with Crippen molar-refractivity contribution in [3.63, 3.8) is 0 Å². The highest BCUT2D eigenvalue weighted by Gasteiger charge is 2.21. The molecule has 0 aliphatic heterocycles. The predicted molar refractivity (Wildman–Crippen MR) is 105 cm³/mol. The first-order valence-electron chi connectivity index (χ1n) is 9.54. The maximum atomic E-state index is 5.73. The Morgan fingerprint density at radius 1 is 1.27 bits per heavy atom. The van der Waals surface area contributed by atoms with Gasteiger partial charge in [0, 0.05) is 26.7 Å². The first kappa shape index (κ1) is 20.4. The maximum Gasteiger partial charge on any atom is 0.194 e. The number of hydrogen-bond acceptors (Lipinski definition) is 4. The van der Waals surface area contributed by atoms with Crippen molar-refractivity contribution in [2.45, 2.75) is 33.2 Å². The molecule has 0 saturated heterocycles. The highest BCUT2D eigenvalue weighted by atomic mass is 16.5. The zero-order chi connectivity index (χ0) is 18.8. The van der Waals surface area contributed by atoms with Crippen molar-refractivity contribution in [3.05, 3.63) is 23.8 Å². The average Bonchev–Trinajstić information content (AvgIpc) is 3.47. The fourth-order valence-corrected chi connectivity index (χ4v) is 2.56. The molecule has 0 amide bonds. The van der Waals surface area contributed by atoms with Crippen molar-refractivity contribution in [2.24, 2.45) is 10.9 Å². The molecule has 0 heterocycles. The van der Waals surface area contributed by atoms with E-state index in [0.717, 1.165) is 55.2 Å². The van der Waals surface area contributed by atoms with Gasteiger partial charge in [-0.15, -0.1) is 0 Å². The molecule has 6 heteroatoms. The fraction of sp³-hybridized carbons (Fsp3) is 0.650. The summed E-state index contributed by atoms with van der Waals surface area (Å²) in [5.74, 6) is 3.19. The van der Waals surface area contributed by atoms with Crippen LogP contribution in [0.5, 0.6) is 11.5 Å². The van der Waals surface area contributed by atoms with E-state index in [1.165, 1.54) is 12.8 Å². The standard InChI is InChI=1S/C20H33N3O3/c1-5-21-20(23(3)11-12-25-15-16-7-8-16)22-14-17-9-10-18(26-6-2)19(13-17)24-4/h9-10,13,16H,5-8,11-12,14-15H2,1-4H3,(H,21,22). The Kier molecular flexibility index (Phi) is 8.54. The van der Waals surface area contributed by atoms with Crippen LogP contribution in [0, 0.1) is 5.92 Å². The molecule has 1 aromatic rings. The van der Waals surface area contributed by atoms with Gasteiger partial charge in [-0.05, 0) is 50.3 Å². The molecular weight excluding hydrogens is 330 g/mol. The number of nitrogens with one attached hydrogen (secondary N) is 1. The van der Waals surface area contributed by atoms with Gasteiger partial charge in [-0.25, -0.2) is 4.99 Å². The molecule has 2 rings (SSSR count). The molecule has 1 aliphatic carbocycles. The van der Waals surface area contributed by atoms with Crippen molar-refractivity contribution in [2.75, 3.05) is 47.1 Å². The minimum absolute atomic E-state index is 0.582. The molecule has 1 aliphatic rings. The van der Waals surface area contributed by atoms with Crippen molar-refractivity contribution in [3.8, 4) is 11.5 Å². The number of likely N-dealkylation sites (N-methyl/N-ethyl adjacent to an activating group) is 1. The van der Waals surface area contributed by atoms with Gasteiger partial charge in [0.1, 0.15) is 0 Å². The monoisotopic (exact) mass is 363 g/mol. The summed E-state index contributed by atoms with van der Waals surface area (Å²) < 4.78 is 16.7. The third-order valence-corrected chi connectivity index (χ3v) is 4.26. The quantitative estimate of drug-likeness (QED) is 0.372. The van der Waals surface area contributed by atoms with Crippen LogP contribution in [0.4, 0.5) is 0 Å². The number of hydrogen-bond donors (Lipinski definition) is 1. The Bertz CT molecular complexity index is 573. The summed E-state index contributed by atoms with van der Waals surface area (Å²) in [5, 5.41) is 3.34. The van der Waals surface area contributed by atoms with E-state index in [1.807, 2.05) is 32.2 Å². The van der Waals surface area contributed by atoms with Gasteiger partial charge >= 0.3 is 0 Å².